The van der Waals surface area contributed by atoms with E-state index >= 15 is 0 Å². The lowest BCUT2D eigenvalue weighted by molar-refractivity contribution is 0.0279. The van der Waals surface area contributed by atoms with Crippen molar-refractivity contribution < 1.29 is 4.74 Å². The van der Waals surface area contributed by atoms with E-state index in [0.29, 0.717) is 5.92 Å². The number of halogens is 1. The van der Waals surface area contributed by atoms with Gasteiger partial charge in [0.05, 0.1) is 6.61 Å². The quantitative estimate of drug-likeness (QED) is 0.929. The molecule has 1 N–H and O–H groups in total. The van der Waals surface area contributed by atoms with Crippen LogP contribution in [-0.4, -0.2) is 39.3 Å². The Morgan fingerprint density at radius 1 is 1.30 bits per heavy atom. The van der Waals surface area contributed by atoms with Crippen molar-refractivity contribution in [2.24, 2.45) is 10.9 Å². The van der Waals surface area contributed by atoms with Crippen LogP contribution in [0.2, 0.25) is 0 Å². The molecule has 0 bridgehead atoms. The van der Waals surface area contributed by atoms with Gasteiger partial charge in [0, 0.05) is 24.5 Å². The van der Waals surface area contributed by atoms with Crippen molar-refractivity contribution in [3.8, 4) is 0 Å². The molecule has 4 nitrogen and oxygen atoms in total. The maximum Gasteiger partial charge on any atom is 0.227 e. The molecule has 2 aliphatic heterocycles. The fourth-order valence-electron chi connectivity index (χ4n) is 2.71. The Bertz CT molecular complexity index is 460. The van der Waals surface area contributed by atoms with E-state index in [9.17, 15) is 0 Å². The van der Waals surface area contributed by atoms with Crippen LogP contribution in [0.4, 0.5) is 5.69 Å². The molecule has 20 heavy (non-hydrogen) atoms. The zero-order valence-corrected chi connectivity index (χ0v) is 12.6. The van der Waals surface area contributed by atoms with Crippen LogP contribution in [-0.2, 0) is 4.74 Å². The van der Waals surface area contributed by atoms with Crippen LogP contribution in [0, 0.1) is 5.92 Å². The molecule has 1 aromatic carbocycles. The Morgan fingerprint density at radius 3 is 2.85 bits per heavy atom. The summed E-state index contributed by atoms with van der Waals surface area (Å²) in [5.41, 5.74) is 2.35. The lowest BCUT2D eigenvalue weighted by Gasteiger charge is -2.32. The standard InChI is InChI=1S/C15H21N3O.ClH/c1-18-14-5-3-2-4-13(14)10-17-15(18)19-11-12-6-8-16-9-7-12;/h2-5,10,12,15-16H,6-9,11H2,1H3;1H. The summed E-state index contributed by atoms with van der Waals surface area (Å²) in [6, 6.07) is 8.28. The smallest absolute Gasteiger partial charge is 0.227 e. The number of anilines is 1. The largest absolute Gasteiger partial charge is 0.339 e. The van der Waals surface area contributed by atoms with E-state index < -0.39 is 0 Å². The normalized spacial score (nSPS) is 22.2. The van der Waals surface area contributed by atoms with E-state index in [2.05, 4.69) is 33.4 Å². The molecule has 1 unspecified atom stereocenters. The minimum absolute atomic E-state index is 0. The van der Waals surface area contributed by atoms with Crippen LogP contribution in [0.3, 0.4) is 0 Å². The van der Waals surface area contributed by atoms with Gasteiger partial charge in [0.2, 0.25) is 6.35 Å². The predicted octanol–water partition coefficient (Wildman–Crippen LogP) is 2.28. The molecule has 0 radical (unpaired) electrons. The van der Waals surface area contributed by atoms with Gasteiger partial charge in [0.25, 0.3) is 0 Å². The molecular weight excluding hydrogens is 274 g/mol. The molecule has 5 heteroatoms. The Morgan fingerprint density at radius 2 is 2.05 bits per heavy atom. The Balaban J connectivity index is 0.00000147. The number of nitrogens with one attached hydrogen (secondary N) is 1. The molecule has 1 saturated heterocycles. The van der Waals surface area contributed by atoms with Gasteiger partial charge in [-0.25, -0.2) is 4.99 Å². The number of hydrogen-bond acceptors (Lipinski definition) is 4. The second-order valence-corrected chi connectivity index (χ2v) is 5.30. The average molecular weight is 296 g/mol. The van der Waals surface area contributed by atoms with E-state index in [4.69, 9.17) is 4.74 Å². The topological polar surface area (TPSA) is 36.9 Å². The van der Waals surface area contributed by atoms with Gasteiger partial charge in [-0.05, 0) is 37.9 Å². The second kappa shape index (κ2) is 7.07. The van der Waals surface area contributed by atoms with Crippen LogP contribution >= 0.6 is 12.4 Å². The number of ether oxygens (including phenoxy) is 1. The summed E-state index contributed by atoms with van der Waals surface area (Å²) in [6.45, 7) is 3.03. The van der Waals surface area contributed by atoms with Crippen molar-refractivity contribution in [3.05, 3.63) is 29.8 Å². The fraction of sp³-hybridized carbons (Fsp3) is 0.533. The molecule has 0 amide bonds. The first-order valence-electron chi connectivity index (χ1n) is 7.02. The molecule has 1 atom stereocenters. The highest BCUT2D eigenvalue weighted by Gasteiger charge is 2.22. The van der Waals surface area contributed by atoms with Crippen molar-refractivity contribution in [1.82, 2.24) is 5.32 Å². The molecule has 0 spiro atoms. The van der Waals surface area contributed by atoms with Gasteiger partial charge in [-0.1, -0.05) is 18.2 Å². The predicted molar refractivity (Wildman–Crippen MR) is 85.0 cm³/mol. The Hall–Kier alpha value is -1.10. The highest BCUT2D eigenvalue weighted by molar-refractivity contribution is 5.89. The minimum atomic E-state index is -0.176. The number of piperidine rings is 1. The van der Waals surface area contributed by atoms with Gasteiger partial charge >= 0.3 is 0 Å². The summed E-state index contributed by atoms with van der Waals surface area (Å²) in [7, 11) is 2.04. The molecular formula is C15H22ClN3O. The zero-order chi connectivity index (χ0) is 13.1. The van der Waals surface area contributed by atoms with Gasteiger partial charge in [0.1, 0.15) is 0 Å². The summed E-state index contributed by atoms with van der Waals surface area (Å²) >= 11 is 0. The summed E-state index contributed by atoms with van der Waals surface area (Å²) in [5.74, 6) is 0.669. The number of rotatable bonds is 3. The van der Waals surface area contributed by atoms with Gasteiger partial charge in [-0.3, -0.25) is 0 Å². The number of hydrogen-bond donors (Lipinski definition) is 1. The summed E-state index contributed by atoms with van der Waals surface area (Å²) in [5, 5.41) is 3.38. The number of nitrogens with zero attached hydrogens (tertiary/aromatic N) is 2. The number of fused-ring (bicyclic) bond motifs is 1. The third-order valence-electron chi connectivity index (χ3n) is 3.93. The number of para-hydroxylation sites is 1. The van der Waals surface area contributed by atoms with Crippen molar-refractivity contribution in [2.75, 3.05) is 31.6 Å². The second-order valence-electron chi connectivity index (χ2n) is 5.30. The van der Waals surface area contributed by atoms with Crippen LogP contribution < -0.4 is 10.2 Å². The molecule has 1 aromatic rings. The van der Waals surface area contributed by atoms with Crippen molar-refractivity contribution >= 4 is 24.3 Å². The van der Waals surface area contributed by atoms with Gasteiger partial charge in [-0.15, -0.1) is 12.4 Å². The molecule has 3 rings (SSSR count). The number of benzene rings is 1. The Kier molecular flexibility index (Phi) is 5.40. The minimum Gasteiger partial charge on any atom is -0.339 e. The maximum absolute atomic E-state index is 5.99. The van der Waals surface area contributed by atoms with Crippen LogP contribution in [0.15, 0.2) is 29.3 Å². The molecule has 1 fully saturated rings. The third kappa shape index (κ3) is 3.32. The molecule has 110 valence electrons. The van der Waals surface area contributed by atoms with E-state index in [1.165, 1.54) is 18.5 Å². The zero-order valence-electron chi connectivity index (χ0n) is 11.8. The first-order chi connectivity index (χ1) is 9.34. The molecule has 2 aliphatic rings. The monoisotopic (exact) mass is 295 g/mol. The van der Waals surface area contributed by atoms with E-state index in [1.807, 2.05) is 19.3 Å². The summed E-state index contributed by atoms with van der Waals surface area (Å²) in [4.78, 5) is 6.61. The SMILES string of the molecule is CN1c2ccccc2C=NC1OCC1CCNCC1.Cl. The van der Waals surface area contributed by atoms with Crippen molar-refractivity contribution in [3.63, 3.8) is 0 Å². The van der Waals surface area contributed by atoms with Gasteiger partial charge in [0.15, 0.2) is 0 Å². The third-order valence-corrected chi connectivity index (χ3v) is 3.93. The highest BCUT2D eigenvalue weighted by atomic mass is 35.5. The number of aliphatic imine (C=N–C) groups is 1. The first-order valence-corrected chi connectivity index (χ1v) is 7.02. The molecule has 2 heterocycles. The maximum atomic E-state index is 5.99. The molecule has 0 saturated carbocycles. The van der Waals surface area contributed by atoms with Crippen LogP contribution in [0.25, 0.3) is 0 Å². The Labute approximate surface area is 126 Å². The van der Waals surface area contributed by atoms with Gasteiger partial charge < -0.3 is 15.0 Å². The van der Waals surface area contributed by atoms with E-state index in [-0.39, 0.29) is 18.8 Å². The van der Waals surface area contributed by atoms with E-state index in [0.717, 1.165) is 25.3 Å². The van der Waals surface area contributed by atoms with E-state index in [1.54, 1.807) is 0 Å². The lowest BCUT2D eigenvalue weighted by atomic mass is 9.99. The first kappa shape index (κ1) is 15.3. The average Bonchev–Trinajstić information content (AvgIpc) is 2.48. The van der Waals surface area contributed by atoms with Crippen molar-refractivity contribution in [1.29, 1.82) is 0 Å². The van der Waals surface area contributed by atoms with Gasteiger partial charge in [-0.2, -0.15) is 0 Å². The molecule has 0 aromatic heterocycles. The van der Waals surface area contributed by atoms with Crippen LogP contribution in [0.5, 0.6) is 0 Å². The fourth-order valence-corrected chi connectivity index (χ4v) is 2.71. The van der Waals surface area contributed by atoms with Crippen LogP contribution in [0.1, 0.15) is 18.4 Å². The highest BCUT2D eigenvalue weighted by Crippen LogP contribution is 2.25. The van der Waals surface area contributed by atoms with Crippen molar-refractivity contribution in [2.45, 2.75) is 19.2 Å². The molecule has 0 aliphatic carbocycles. The summed E-state index contributed by atoms with van der Waals surface area (Å²) < 4.78 is 5.99. The summed E-state index contributed by atoms with van der Waals surface area (Å²) in [6.07, 6.45) is 4.15. The lowest BCUT2D eigenvalue weighted by Crippen LogP contribution is -2.38.